The van der Waals surface area contributed by atoms with Crippen molar-refractivity contribution in [1.29, 1.82) is 0 Å². The number of anilines is 1. The summed E-state index contributed by atoms with van der Waals surface area (Å²) in [6, 6.07) is 6.05. The van der Waals surface area contributed by atoms with Crippen LogP contribution in [-0.2, 0) is 21.1 Å². The second kappa shape index (κ2) is 7.53. The van der Waals surface area contributed by atoms with Crippen LogP contribution in [0, 0.1) is 13.8 Å². The van der Waals surface area contributed by atoms with Crippen LogP contribution in [0.2, 0.25) is 0 Å². The van der Waals surface area contributed by atoms with Crippen LogP contribution >= 0.6 is 11.8 Å². The van der Waals surface area contributed by atoms with Crippen LogP contribution < -0.4 is 10.6 Å². The number of nitrogens with one attached hydrogen (secondary N) is 2. The molecule has 0 unspecified atom stereocenters. The maximum atomic E-state index is 12.4. The minimum absolute atomic E-state index is 0.0428. The zero-order valence-corrected chi connectivity index (χ0v) is 16.4. The number of amides is 2. The average Bonchev–Trinajstić information content (AvgIpc) is 3.17. The molecule has 0 spiro atoms. The van der Waals surface area contributed by atoms with Gasteiger partial charge in [-0.15, -0.1) is 0 Å². The molecule has 6 nitrogen and oxygen atoms in total. The lowest BCUT2D eigenvalue weighted by atomic mass is 10.1. The van der Waals surface area contributed by atoms with E-state index < -0.39 is 11.8 Å². The lowest BCUT2D eigenvalue weighted by molar-refractivity contribution is -0.136. The molecule has 0 aliphatic carbocycles. The number of carbonyl (C=O) groups is 2. The highest BCUT2D eigenvalue weighted by molar-refractivity contribution is 7.98. The number of hydrogen-bond acceptors (Lipinski definition) is 4. The third-order valence-corrected chi connectivity index (χ3v) is 5.53. The molecule has 0 saturated carbocycles. The highest BCUT2D eigenvalue weighted by Crippen LogP contribution is 2.36. The van der Waals surface area contributed by atoms with Gasteiger partial charge in [0, 0.05) is 23.1 Å². The van der Waals surface area contributed by atoms with Crippen LogP contribution in [0.15, 0.2) is 18.2 Å². The van der Waals surface area contributed by atoms with Gasteiger partial charge < -0.3 is 10.6 Å². The highest BCUT2D eigenvalue weighted by atomic mass is 32.2. The fourth-order valence-electron chi connectivity index (χ4n) is 2.91. The van der Waals surface area contributed by atoms with Crippen LogP contribution in [0.4, 0.5) is 5.82 Å². The summed E-state index contributed by atoms with van der Waals surface area (Å²) in [6.07, 6.45) is 0.769. The first kappa shape index (κ1) is 18.5. The van der Waals surface area contributed by atoms with Gasteiger partial charge in [-0.3, -0.25) is 9.59 Å². The molecule has 138 valence electrons. The number of rotatable bonds is 4. The van der Waals surface area contributed by atoms with Crippen LogP contribution in [0.1, 0.15) is 42.7 Å². The molecular formula is C19H24N4O2S. The molecule has 1 aliphatic rings. The molecule has 7 heteroatoms. The molecule has 2 N–H and O–H groups in total. The summed E-state index contributed by atoms with van der Waals surface area (Å²) in [6.45, 7) is 7.89. The van der Waals surface area contributed by atoms with Crippen molar-refractivity contribution in [2.45, 2.75) is 51.7 Å². The molecule has 2 aromatic rings. The highest BCUT2D eigenvalue weighted by Gasteiger charge is 2.27. The van der Waals surface area contributed by atoms with Gasteiger partial charge >= 0.3 is 11.8 Å². The van der Waals surface area contributed by atoms with Crippen LogP contribution in [-0.4, -0.2) is 27.6 Å². The van der Waals surface area contributed by atoms with E-state index in [0.29, 0.717) is 5.82 Å². The number of fused-ring (bicyclic) bond motifs is 1. The van der Waals surface area contributed by atoms with E-state index >= 15 is 0 Å². The van der Waals surface area contributed by atoms with Crippen molar-refractivity contribution in [3.05, 3.63) is 40.6 Å². The van der Waals surface area contributed by atoms with E-state index in [1.807, 2.05) is 39.8 Å². The third kappa shape index (κ3) is 3.62. The van der Waals surface area contributed by atoms with E-state index in [0.717, 1.165) is 40.4 Å². The van der Waals surface area contributed by atoms with Crippen molar-refractivity contribution in [1.82, 2.24) is 15.1 Å². The Balaban J connectivity index is 1.94. The largest absolute Gasteiger partial charge is 0.345 e. The molecule has 1 aromatic carbocycles. The zero-order valence-electron chi connectivity index (χ0n) is 15.5. The quantitative estimate of drug-likeness (QED) is 0.809. The summed E-state index contributed by atoms with van der Waals surface area (Å²) in [5, 5.41) is 10.2. The minimum Gasteiger partial charge on any atom is -0.345 e. The first-order valence-corrected chi connectivity index (χ1v) is 9.94. The van der Waals surface area contributed by atoms with Crippen molar-refractivity contribution in [3.8, 4) is 5.69 Å². The van der Waals surface area contributed by atoms with E-state index in [-0.39, 0.29) is 6.04 Å². The number of benzene rings is 1. The predicted octanol–water partition coefficient (Wildman–Crippen LogP) is 3.09. The van der Waals surface area contributed by atoms with Gasteiger partial charge in [0.05, 0.1) is 11.4 Å². The van der Waals surface area contributed by atoms with E-state index in [9.17, 15) is 9.59 Å². The van der Waals surface area contributed by atoms with E-state index in [4.69, 9.17) is 5.10 Å². The van der Waals surface area contributed by atoms with Crippen molar-refractivity contribution in [3.63, 3.8) is 0 Å². The fraction of sp³-hybridized carbons (Fsp3) is 0.421. The molecule has 2 heterocycles. The SMILES string of the molecule is CC[C@H](C)NC(=O)C(=O)Nc1c2c(nn1-c1ccc(C)cc1C)CSC2. The van der Waals surface area contributed by atoms with Gasteiger partial charge in [-0.25, -0.2) is 4.68 Å². The van der Waals surface area contributed by atoms with Crippen molar-refractivity contribution >= 4 is 29.4 Å². The fourth-order valence-corrected chi connectivity index (χ4v) is 3.95. The summed E-state index contributed by atoms with van der Waals surface area (Å²) in [5.41, 5.74) is 5.11. The normalized spacial score (nSPS) is 14.0. The molecule has 0 fully saturated rings. The van der Waals surface area contributed by atoms with Gasteiger partial charge in [-0.1, -0.05) is 24.6 Å². The van der Waals surface area contributed by atoms with Gasteiger partial charge in [0.1, 0.15) is 5.82 Å². The Bertz CT molecular complexity index is 859. The second-order valence-electron chi connectivity index (χ2n) is 6.71. The Hall–Kier alpha value is -2.28. The maximum absolute atomic E-state index is 12.4. The molecule has 0 bridgehead atoms. The molecule has 1 atom stereocenters. The number of carbonyl (C=O) groups excluding carboxylic acids is 2. The van der Waals surface area contributed by atoms with Crippen molar-refractivity contribution < 1.29 is 9.59 Å². The zero-order chi connectivity index (χ0) is 18.8. The number of aromatic nitrogens is 2. The molecule has 1 aromatic heterocycles. The number of nitrogens with zero attached hydrogens (tertiary/aromatic N) is 2. The third-order valence-electron chi connectivity index (χ3n) is 4.56. The summed E-state index contributed by atoms with van der Waals surface area (Å²) in [4.78, 5) is 24.6. The Morgan fingerprint density at radius 3 is 2.73 bits per heavy atom. The van der Waals surface area contributed by atoms with Gasteiger partial charge in [-0.2, -0.15) is 16.9 Å². The molecule has 1 aliphatic heterocycles. The number of aryl methyl sites for hydroxylation is 2. The summed E-state index contributed by atoms with van der Waals surface area (Å²) < 4.78 is 1.76. The summed E-state index contributed by atoms with van der Waals surface area (Å²) in [5.74, 6) is 0.919. The van der Waals surface area contributed by atoms with Crippen molar-refractivity contribution in [2.75, 3.05) is 5.32 Å². The van der Waals surface area contributed by atoms with Gasteiger partial charge in [-0.05, 0) is 38.8 Å². The molecule has 26 heavy (non-hydrogen) atoms. The number of hydrogen-bond donors (Lipinski definition) is 2. The lowest BCUT2D eigenvalue weighted by Crippen LogP contribution is -2.40. The van der Waals surface area contributed by atoms with E-state index in [2.05, 4.69) is 16.7 Å². The molecule has 3 rings (SSSR count). The van der Waals surface area contributed by atoms with Crippen LogP contribution in [0.25, 0.3) is 5.69 Å². The Labute approximate surface area is 157 Å². The van der Waals surface area contributed by atoms with Gasteiger partial charge in [0.2, 0.25) is 0 Å². The molecule has 0 saturated heterocycles. The first-order valence-electron chi connectivity index (χ1n) is 8.78. The smallest absolute Gasteiger partial charge is 0.314 e. The molecule has 0 radical (unpaired) electrons. The molecular weight excluding hydrogens is 348 g/mol. The van der Waals surface area contributed by atoms with Crippen molar-refractivity contribution in [2.24, 2.45) is 0 Å². The topological polar surface area (TPSA) is 76.0 Å². The van der Waals surface area contributed by atoms with Crippen LogP contribution in [0.3, 0.4) is 0 Å². The second-order valence-corrected chi connectivity index (χ2v) is 7.69. The van der Waals surface area contributed by atoms with Gasteiger partial charge in [0.25, 0.3) is 0 Å². The van der Waals surface area contributed by atoms with E-state index in [1.165, 1.54) is 5.56 Å². The summed E-state index contributed by atoms with van der Waals surface area (Å²) in [7, 11) is 0. The first-order chi connectivity index (χ1) is 12.4. The Morgan fingerprint density at radius 1 is 1.27 bits per heavy atom. The lowest BCUT2D eigenvalue weighted by Gasteiger charge is -2.14. The minimum atomic E-state index is -0.657. The number of thioether (sulfide) groups is 1. The standard InChI is InChI=1S/C19H24N4O2S/c1-5-13(4)20-18(24)19(25)21-17-14-9-26-10-15(14)22-23(17)16-7-6-11(2)8-12(16)3/h6-8,13H,5,9-10H2,1-4H3,(H,20,24)(H,21,25)/t13-/m0/s1. The predicted molar refractivity (Wildman–Crippen MR) is 105 cm³/mol. The Morgan fingerprint density at radius 2 is 2.04 bits per heavy atom. The monoisotopic (exact) mass is 372 g/mol. The van der Waals surface area contributed by atoms with Gasteiger partial charge in [0.15, 0.2) is 0 Å². The van der Waals surface area contributed by atoms with E-state index in [1.54, 1.807) is 16.4 Å². The molecule has 2 amide bonds. The average molecular weight is 372 g/mol. The summed E-state index contributed by atoms with van der Waals surface area (Å²) >= 11 is 1.76. The maximum Gasteiger partial charge on any atom is 0.314 e. The Kier molecular flexibility index (Phi) is 5.36. The van der Waals surface area contributed by atoms with Crippen LogP contribution in [0.5, 0.6) is 0 Å².